The predicted molar refractivity (Wildman–Crippen MR) is 140 cm³/mol. The summed E-state index contributed by atoms with van der Waals surface area (Å²) in [5.74, 6) is -1.17. The molecular formula is C27H23Cl3N2O3. The van der Waals surface area contributed by atoms with Gasteiger partial charge in [0.15, 0.2) is 11.6 Å². The minimum atomic E-state index is -2.21. The number of halogens is 3. The average Bonchev–Trinajstić information content (AvgIpc) is 3.18. The van der Waals surface area contributed by atoms with Crippen LogP contribution in [-0.2, 0) is 16.1 Å². The van der Waals surface area contributed by atoms with E-state index in [0.29, 0.717) is 17.8 Å². The van der Waals surface area contributed by atoms with E-state index in [1.165, 1.54) is 13.0 Å². The Balaban J connectivity index is 1.72. The van der Waals surface area contributed by atoms with E-state index in [2.05, 4.69) is 0 Å². The molecule has 0 amide bonds. The van der Waals surface area contributed by atoms with Crippen molar-refractivity contribution in [2.75, 3.05) is 7.05 Å². The minimum absolute atomic E-state index is 0.0401. The number of ketones is 3. The summed E-state index contributed by atoms with van der Waals surface area (Å²) in [6.07, 6.45) is 2.99. The van der Waals surface area contributed by atoms with Crippen molar-refractivity contribution in [1.29, 1.82) is 0 Å². The molecule has 0 spiro atoms. The lowest BCUT2D eigenvalue weighted by Crippen LogP contribution is -2.40. The minimum Gasteiger partial charge on any atom is -0.372 e. The maximum atomic E-state index is 13.7. The van der Waals surface area contributed by atoms with Gasteiger partial charge < -0.3 is 9.47 Å². The molecule has 0 radical (unpaired) electrons. The van der Waals surface area contributed by atoms with Crippen LogP contribution in [0.1, 0.15) is 29.4 Å². The Bertz CT molecular complexity index is 1370. The van der Waals surface area contributed by atoms with Crippen LogP contribution >= 0.6 is 34.8 Å². The van der Waals surface area contributed by atoms with E-state index >= 15 is 0 Å². The third kappa shape index (κ3) is 5.37. The number of para-hydroxylation sites is 1. The maximum absolute atomic E-state index is 13.7. The Morgan fingerprint density at radius 3 is 2.29 bits per heavy atom. The number of alkyl halides is 3. The van der Waals surface area contributed by atoms with Gasteiger partial charge in [0, 0.05) is 48.3 Å². The first-order chi connectivity index (χ1) is 16.6. The number of carbonyl (C=O) groups excluding carboxylic acids is 3. The van der Waals surface area contributed by atoms with Gasteiger partial charge in [0.25, 0.3) is 3.79 Å². The number of benzene rings is 2. The number of likely N-dealkylation sites (N-methyl/N-ethyl adjacent to an activating group) is 1. The van der Waals surface area contributed by atoms with Crippen molar-refractivity contribution in [2.45, 2.75) is 29.7 Å². The Labute approximate surface area is 218 Å². The van der Waals surface area contributed by atoms with Gasteiger partial charge in [-0.3, -0.25) is 14.4 Å². The van der Waals surface area contributed by atoms with Crippen LogP contribution < -0.4 is 0 Å². The molecule has 180 valence electrons. The van der Waals surface area contributed by atoms with Crippen LogP contribution in [0.4, 0.5) is 0 Å². The van der Waals surface area contributed by atoms with E-state index < -0.39 is 15.6 Å². The van der Waals surface area contributed by atoms with E-state index in [-0.39, 0.29) is 23.6 Å². The number of carbonyl (C=O) groups is 3. The monoisotopic (exact) mass is 528 g/mol. The Morgan fingerprint density at radius 2 is 1.63 bits per heavy atom. The zero-order chi connectivity index (χ0) is 25.3. The Morgan fingerprint density at radius 1 is 0.971 bits per heavy atom. The quantitative estimate of drug-likeness (QED) is 0.282. The molecule has 1 aromatic heterocycles. The van der Waals surface area contributed by atoms with Crippen LogP contribution in [0.25, 0.3) is 10.9 Å². The summed E-state index contributed by atoms with van der Waals surface area (Å²) in [7, 11) is 1.69. The molecule has 0 fully saturated rings. The molecule has 2 aromatic carbocycles. The lowest BCUT2D eigenvalue weighted by molar-refractivity contribution is -0.115. The number of aromatic nitrogens is 1. The van der Waals surface area contributed by atoms with Crippen molar-refractivity contribution in [3.05, 3.63) is 95.3 Å². The standard InChI is InChI=1S/C27H23Cl3N2O3/c1-17(33)20-12-21(26(35)27(28,29)30)23(31(2)16-20)14-25(34)24-13-19-10-6-7-11-22(19)32(24)15-18-8-4-3-5-9-18/h3-13,16,23H,14-15H2,1-2H3. The first-order valence-corrected chi connectivity index (χ1v) is 12.1. The van der Waals surface area contributed by atoms with Crippen molar-refractivity contribution in [3.8, 4) is 0 Å². The first kappa shape index (κ1) is 25.2. The van der Waals surface area contributed by atoms with Crippen molar-refractivity contribution >= 4 is 63.1 Å². The summed E-state index contributed by atoms with van der Waals surface area (Å²) in [5.41, 5.74) is 2.92. The van der Waals surface area contributed by atoms with Crippen LogP contribution in [-0.4, -0.2) is 43.7 Å². The summed E-state index contributed by atoms with van der Waals surface area (Å²) < 4.78 is -0.234. The number of allylic oxidation sites excluding steroid dienone is 2. The SMILES string of the molecule is CC(=O)C1=CN(C)C(CC(=O)c2cc3ccccc3n2Cc2ccccc2)C(C(=O)C(Cl)(Cl)Cl)=C1. The van der Waals surface area contributed by atoms with Gasteiger partial charge in [0.1, 0.15) is 0 Å². The molecule has 4 rings (SSSR count). The lowest BCUT2D eigenvalue weighted by atomic mass is 9.91. The fraction of sp³-hybridized carbons (Fsp3) is 0.222. The second-order valence-electron chi connectivity index (χ2n) is 8.54. The number of Topliss-reactive ketones (excluding diaryl/α,β-unsaturated/α-hetero) is 3. The van der Waals surface area contributed by atoms with Gasteiger partial charge in [-0.05, 0) is 30.7 Å². The molecule has 1 aliphatic rings. The van der Waals surface area contributed by atoms with Gasteiger partial charge >= 0.3 is 0 Å². The number of rotatable bonds is 7. The zero-order valence-corrected chi connectivity index (χ0v) is 21.4. The van der Waals surface area contributed by atoms with Gasteiger partial charge in [-0.25, -0.2) is 0 Å². The molecule has 0 N–H and O–H groups in total. The second-order valence-corrected chi connectivity index (χ2v) is 10.8. The van der Waals surface area contributed by atoms with Gasteiger partial charge in [-0.15, -0.1) is 0 Å². The third-order valence-corrected chi connectivity index (χ3v) is 6.60. The first-order valence-electron chi connectivity index (χ1n) is 11.0. The molecule has 0 bridgehead atoms. The average molecular weight is 530 g/mol. The summed E-state index contributed by atoms with van der Waals surface area (Å²) >= 11 is 17.7. The maximum Gasteiger partial charge on any atom is 0.253 e. The lowest BCUT2D eigenvalue weighted by Gasteiger charge is -2.33. The number of nitrogens with zero attached hydrogens (tertiary/aromatic N) is 2. The molecule has 1 aliphatic heterocycles. The molecule has 3 aromatic rings. The van der Waals surface area contributed by atoms with Crippen molar-refractivity contribution in [3.63, 3.8) is 0 Å². The molecule has 0 aliphatic carbocycles. The molecule has 8 heteroatoms. The van der Waals surface area contributed by atoms with Crippen LogP contribution in [0.2, 0.25) is 0 Å². The molecule has 5 nitrogen and oxygen atoms in total. The highest BCUT2D eigenvalue weighted by Gasteiger charge is 2.40. The van der Waals surface area contributed by atoms with Crippen molar-refractivity contribution < 1.29 is 14.4 Å². The van der Waals surface area contributed by atoms with E-state index in [4.69, 9.17) is 34.8 Å². The molecule has 2 heterocycles. The number of fused-ring (bicyclic) bond motifs is 1. The molecule has 1 unspecified atom stereocenters. The second kappa shape index (κ2) is 10.0. The van der Waals surface area contributed by atoms with Crippen LogP contribution in [0, 0.1) is 0 Å². The molecule has 0 saturated carbocycles. The highest BCUT2D eigenvalue weighted by Crippen LogP contribution is 2.35. The van der Waals surface area contributed by atoms with E-state index in [1.54, 1.807) is 18.1 Å². The highest BCUT2D eigenvalue weighted by atomic mass is 35.6. The molecule has 0 saturated heterocycles. The van der Waals surface area contributed by atoms with Crippen molar-refractivity contribution in [1.82, 2.24) is 9.47 Å². The van der Waals surface area contributed by atoms with Crippen LogP contribution in [0.3, 0.4) is 0 Å². The third-order valence-electron chi connectivity index (χ3n) is 6.09. The fourth-order valence-corrected chi connectivity index (χ4v) is 4.64. The largest absolute Gasteiger partial charge is 0.372 e. The topological polar surface area (TPSA) is 59.4 Å². The fourth-order valence-electron chi connectivity index (χ4n) is 4.31. The zero-order valence-electron chi connectivity index (χ0n) is 19.2. The van der Waals surface area contributed by atoms with Gasteiger partial charge in [0.2, 0.25) is 5.78 Å². The summed E-state index contributed by atoms with van der Waals surface area (Å²) in [6.45, 7) is 1.90. The molecule has 35 heavy (non-hydrogen) atoms. The van der Waals surface area contributed by atoms with Crippen LogP contribution in [0.5, 0.6) is 0 Å². The smallest absolute Gasteiger partial charge is 0.253 e. The predicted octanol–water partition coefficient (Wildman–Crippen LogP) is 5.92. The number of hydrogen-bond donors (Lipinski definition) is 0. The van der Waals surface area contributed by atoms with Gasteiger partial charge in [-0.1, -0.05) is 83.3 Å². The number of hydrogen-bond acceptors (Lipinski definition) is 4. The van der Waals surface area contributed by atoms with E-state index in [9.17, 15) is 14.4 Å². The Hall–Kier alpha value is -2.86. The molecule has 1 atom stereocenters. The van der Waals surface area contributed by atoms with E-state index in [0.717, 1.165) is 16.5 Å². The normalized spacial score (nSPS) is 16.1. The van der Waals surface area contributed by atoms with E-state index in [1.807, 2.05) is 65.2 Å². The highest BCUT2D eigenvalue weighted by molar-refractivity contribution is 6.77. The van der Waals surface area contributed by atoms with Crippen molar-refractivity contribution in [2.24, 2.45) is 0 Å². The van der Waals surface area contributed by atoms with Crippen LogP contribution in [0.15, 0.2) is 84.1 Å². The summed E-state index contributed by atoms with van der Waals surface area (Å²) in [5, 5.41) is 0.940. The molecular weight excluding hydrogens is 507 g/mol. The summed E-state index contributed by atoms with van der Waals surface area (Å²) in [4.78, 5) is 40.3. The summed E-state index contributed by atoms with van der Waals surface area (Å²) in [6, 6.07) is 18.8. The van der Waals surface area contributed by atoms with Gasteiger partial charge in [0.05, 0.1) is 11.7 Å². The van der Waals surface area contributed by atoms with Gasteiger partial charge in [-0.2, -0.15) is 0 Å². The Kier molecular flexibility index (Phi) is 7.22.